The lowest BCUT2D eigenvalue weighted by molar-refractivity contribution is -0.123. The number of nitrogens with zero attached hydrogens (tertiary/aromatic N) is 2. The number of carbonyl (C=O) groups is 2. The number of amides is 2. The van der Waals surface area contributed by atoms with Crippen LogP contribution in [0, 0.1) is 12.8 Å². The molecule has 1 atom stereocenters. The van der Waals surface area contributed by atoms with Crippen LogP contribution in [0.4, 0.5) is 5.69 Å². The Morgan fingerprint density at radius 2 is 1.70 bits per heavy atom. The van der Waals surface area contributed by atoms with E-state index in [-0.39, 0.29) is 24.6 Å². The molecule has 2 amide bonds. The molecule has 0 spiro atoms. The van der Waals surface area contributed by atoms with Crippen molar-refractivity contribution in [3.05, 3.63) is 53.6 Å². The van der Waals surface area contributed by atoms with Gasteiger partial charge in [-0.2, -0.15) is 0 Å². The maximum Gasteiger partial charge on any atom is 0.254 e. The summed E-state index contributed by atoms with van der Waals surface area (Å²) >= 11 is 0. The third-order valence-electron chi connectivity index (χ3n) is 7.13. The number of benzene rings is 2. The topological polar surface area (TPSA) is 71.1 Å². The van der Waals surface area contributed by atoms with Crippen molar-refractivity contribution in [1.82, 2.24) is 9.80 Å². The molecule has 1 saturated heterocycles. The molecule has 1 N–H and O–H groups in total. The van der Waals surface area contributed by atoms with Gasteiger partial charge in [0.15, 0.2) is 11.5 Å². The van der Waals surface area contributed by atoms with E-state index in [1.54, 1.807) is 0 Å². The van der Waals surface area contributed by atoms with Crippen LogP contribution in [0.1, 0.15) is 41.6 Å². The molecule has 0 unspecified atom stereocenters. The smallest absolute Gasteiger partial charge is 0.254 e. The van der Waals surface area contributed by atoms with Crippen LogP contribution in [0.2, 0.25) is 0 Å². The summed E-state index contributed by atoms with van der Waals surface area (Å²) in [5, 5.41) is 3.12. The second-order valence-electron chi connectivity index (χ2n) is 9.19. The van der Waals surface area contributed by atoms with E-state index in [4.69, 9.17) is 9.47 Å². The van der Waals surface area contributed by atoms with Gasteiger partial charge in [-0.3, -0.25) is 14.5 Å². The molecule has 0 radical (unpaired) electrons. The van der Waals surface area contributed by atoms with Crippen LogP contribution in [0.15, 0.2) is 42.5 Å². The lowest BCUT2D eigenvalue weighted by Gasteiger charge is -2.40. The van der Waals surface area contributed by atoms with E-state index in [9.17, 15) is 9.59 Å². The fourth-order valence-electron chi connectivity index (χ4n) is 5.33. The number of carbonyl (C=O) groups excluding carboxylic acids is 2. The summed E-state index contributed by atoms with van der Waals surface area (Å²) in [6, 6.07) is 13.1. The number of anilines is 1. The standard InChI is InChI=1S/C26H31N3O4/c1-18-6-2-5-9-21(18)26(31)29-14-12-28(13-15-29)24(19-7-3-4-8-19)25(30)27-20-10-11-22-23(16-20)33-17-32-22/h2,5-6,9-11,16,19,24H,3-4,7-8,12-15,17H2,1H3,(H,27,30)/t24-/m1/s1. The first-order chi connectivity index (χ1) is 16.1. The molecular weight excluding hydrogens is 418 g/mol. The van der Waals surface area contributed by atoms with Gasteiger partial charge in [0.1, 0.15) is 0 Å². The lowest BCUT2D eigenvalue weighted by atomic mass is 9.94. The predicted molar refractivity (Wildman–Crippen MR) is 126 cm³/mol. The Morgan fingerprint density at radius 3 is 2.45 bits per heavy atom. The van der Waals surface area contributed by atoms with Crippen molar-refractivity contribution in [3.63, 3.8) is 0 Å². The molecule has 3 aliphatic rings. The fraction of sp³-hybridized carbons (Fsp3) is 0.462. The zero-order chi connectivity index (χ0) is 22.8. The van der Waals surface area contributed by atoms with Gasteiger partial charge >= 0.3 is 0 Å². The maximum absolute atomic E-state index is 13.5. The number of rotatable bonds is 5. The Labute approximate surface area is 194 Å². The highest BCUT2D eigenvalue weighted by Crippen LogP contribution is 2.35. The van der Waals surface area contributed by atoms with Crippen LogP contribution < -0.4 is 14.8 Å². The van der Waals surface area contributed by atoms with Crippen molar-refractivity contribution in [1.29, 1.82) is 0 Å². The quantitative estimate of drug-likeness (QED) is 0.754. The van der Waals surface area contributed by atoms with E-state index in [1.807, 2.05) is 54.3 Å². The van der Waals surface area contributed by atoms with Gasteiger partial charge in [0.05, 0.1) is 6.04 Å². The van der Waals surface area contributed by atoms with Gasteiger partial charge in [-0.15, -0.1) is 0 Å². The first kappa shape index (κ1) is 21.8. The summed E-state index contributed by atoms with van der Waals surface area (Å²) < 4.78 is 10.8. The Morgan fingerprint density at radius 1 is 0.970 bits per heavy atom. The van der Waals surface area contributed by atoms with Crippen LogP contribution in [0.5, 0.6) is 11.5 Å². The van der Waals surface area contributed by atoms with E-state index >= 15 is 0 Å². The average molecular weight is 450 g/mol. The zero-order valence-electron chi connectivity index (χ0n) is 19.1. The van der Waals surface area contributed by atoms with Gasteiger partial charge in [-0.05, 0) is 49.4 Å². The average Bonchev–Trinajstić information content (AvgIpc) is 3.52. The number of nitrogens with one attached hydrogen (secondary N) is 1. The minimum atomic E-state index is -0.186. The zero-order valence-corrected chi connectivity index (χ0v) is 19.1. The first-order valence-corrected chi connectivity index (χ1v) is 11.9. The number of piperazine rings is 1. The van der Waals surface area contributed by atoms with Crippen LogP contribution >= 0.6 is 0 Å². The summed E-state index contributed by atoms with van der Waals surface area (Å²) in [5.74, 6) is 1.82. The molecule has 2 fully saturated rings. The number of fused-ring (bicyclic) bond motifs is 1. The van der Waals surface area contributed by atoms with E-state index in [0.717, 1.165) is 29.7 Å². The predicted octanol–water partition coefficient (Wildman–Crippen LogP) is 3.68. The van der Waals surface area contributed by atoms with Crippen LogP contribution in [-0.2, 0) is 4.79 Å². The second kappa shape index (κ2) is 9.43. The van der Waals surface area contributed by atoms with Crippen molar-refractivity contribution in [2.24, 2.45) is 5.92 Å². The number of hydrogen-bond donors (Lipinski definition) is 1. The highest BCUT2D eigenvalue weighted by atomic mass is 16.7. The van der Waals surface area contributed by atoms with E-state index in [1.165, 1.54) is 12.8 Å². The normalized spacial score (nSPS) is 19.5. The van der Waals surface area contributed by atoms with Crippen molar-refractivity contribution >= 4 is 17.5 Å². The minimum absolute atomic E-state index is 0.0273. The molecule has 2 aromatic carbocycles. The number of hydrogen-bond acceptors (Lipinski definition) is 5. The summed E-state index contributed by atoms with van der Waals surface area (Å²) in [6.07, 6.45) is 4.48. The fourth-order valence-corrected chi connectivity index (χ4v) is 5.33. The van der Waals surface area contributed by atoms with Gasteiger partial charge in [0.25, 0.3) is 5.91 Å². The van der Waals surface area contributed by atoms with Gasteiger partial charge in [-0.1, -0.05) is 31.0 Å². The van der Waals surface area contributed by atoms with Crippen molar-refractivity contribution in [3.8, 4) is 11.5 Å². The van der Waals surface area contributed by atoms with Gasteiger partial charge in [-0.25, -0.2) is 0 Å². The van der Waals surface area contributed by atoms with Gasteiger partial charge < -0.3 is 19.7 Å². The third-order valence-corrected chi connectivity index (χ3v) is 7.13. The van der Waals surface area contributed by atoms with Crippen molar-refractivity contribution in [2.75, 3.05) is 38.3 Å². The van der Waals surface area contributed by atoms with Crippen LogP contribution in [-0.4, -0.2) is 60.6 Å². The molecule has 2 aliphatic heterocycles. The highest BCUT2D eigenvalue weighted by molar-refractivity contribution is 5.96. The second-order valence-corrected chi connectivity index (χ2v) is 9.19. The third kappa shape index (κ3) is 4.55. The Hall–Kier alpha value is -3.06. The minimum Gasteiger partial charge on any atom is -0.454 e. The molecule has 2 heterocycles. The monoisotopic (exact) mass is 449 g/mol. The largest absolute Gasteiger partial charge is 0.454 e. The molecule has 7 nitrogen and oxygen atoms in total. The summed E-state index contributed by atoms with van der Waals surface area (Å²) in [4.78, 5) is 30.7. The maximum atomic E-state index is 13.5. The van der Waals surface area contributed by atoms with E-state index in [2.05, 4.69) is 10.2 Å². The van der Waals surface area contributed by atoms with Crippen molar-refractivity contribution in [2.45, 2.75) is 38.6 Å². The van der Waals surface area contributed by atoms with Crippen molar-refractivity contribution < 1.29 is 19.1 Å². The highest BCUT2D eigenvalue weighted by Gasteiger charge is 2.37. The van der Waals surface area contributed by atoms with E-state index in [0.29, 0.717) is 43.6 Å². The molecule has 0 aromatic heterocycles. The Bertz CT molecular complexity index is 1030. The molecule has 1 saturated carbocycles. The molecule has 5 rings (SSSR count). The van der Waals surface area contributed by atoms with Crippen LogP contribution in [0.25, 0.3) is 0 Å². The lowest BCUT2D eigenvalue weighted by Crippen LogP contribution is -2.57. The number of aryl methyl sites for hydroxylation is 1. The SMILES string of the molecule is Cc1ccccc1C(=O)N1CCN([C@@H](C(=O)Nc2ccc3c(c2)OCO3)C2CCCC2)CC1. The molecule has 7 heteroatoms. The van der Waals surface area contributed by atoms with Gasteiger partial charge in [0, 0.05) is 43.5 Å². The Balaban J connectivity index is 1.27. The molecule has 174 valence electrons. The number of ether oxygens (including phenoxy) is 2. The molecule has 1 aliphatic carbocycles. The molecular formula is C26H31N3O4. The molecule has 0 bridgehead atoms. The molecule has 2 aromatic rings. The summed E-state index contributed by atoms with van der Waals surface area (Å²) in [7, 11) is 0. The van der Waals surface area contributed by atoms with Gasteiger partial charge in [0.2, 0.25) is 12.7 Å². The van der Waals surface area contributed by atoms with E-state index < -0.39 is 0 Å². The first-order valence-electron chi connectivity index (χ1n) is 11.9. The summed E-state index contributed by atoms with van der Waals surface area (Å²) in [5.41, 5.74) is 2.48. The summed E-state index contributed by atoms with van der Waals surface area (Å²) in [6.45, 7) is 4.85. The Kier molecular flexibility index (Phi) is 6.22. The van der Waals surface area contributed by atoms with Crippen LogP contribution in [0.3, 0.4) is 0 Å². The molecule has 33 heavy (non-hydrogen) atoms.